The van der Waals surface area contributed by atoms with Crippen molar-refractivity contribution in [3.8, 4) is 0 Å². The van der Waals surface area contributed by atoms with E-state index in [1.807, 2.05) is 13.8 Å². The number of amides is 1. The average molecular weight is 250 g/mol. The predicted molar refractivity (Wildman–Crippen MR) is 69.7 cm³/mol. The number of nitrogens with one attached hydrogen (secondary N) is 2. The van der Waals surface area contributed by atoms with Crippen LogP contribution in [0.2, 0.25) is 0 Å². The molecule has 0 aliphatic rings. The molecule has 0 saturated carbocycles. The van der Waals surface area contributed by atoms with Crippen LogP contribution in [0.4, 0.5) is 5.69 Å². The number of benzene rings is 1. The Morgan fingerprint density at radius 3 is 2.22 bits per heavy atom. The van der Waals surface area contributed by atoms with E-state index in [9.17, 15) is 9.59 Å². The van der Waals surface area contributed by atoms with Gasteiger partial charge in [-0.15, -0.1) is 0 Å². The molecular formula is C13H18N2O3. The fourth-order valence-electron chi connectivity index (χ4n) is 1.47. The number of carboxylic acids is 1. The Labute approximate surface area is 106 Å². The lowest BCUT2D eigenvalue weighted by Crippen LogP contribution is -2.39. The van der Waals surface area contributed by atoms with E-state index in [0.717, 1.165) is 5.69 Å². The highest BCUT2D eigenvalue weighted by Gasteiger charge is 2.26. The highest BCUT2D eigenvalue weighted by atomic mass is 16.4. The predicted octanol–water partition coefficient (Wildman–Crippen LogP) is 1.57. The average Bonchev–Trinajstić information content (AvgIpc) is 2.35. The quantitative estimate of drug-likeness (QED) is 0.741. The molecule has 5 nitrogen and oxygen atoms in total. The Morgan fingerprint density at radius 1 is 1.22 bits per heavy atom. The van der Waals surface area contributed by atoms with Crippen LogP contribution in [0, 0.1) is 5.41 Å². The van der Waals surface area contributed by atoms with Crippen molar-refractivity contribution in [2.45, 2.75) is 13.8 Å². The molecular weight excluding hydrogens is 232 g/mol. The minimum absolute atomic E-state index is 0.0443. The van der Waals surface area contributed by atoms with Gasteiger partial charge in [0.1, 0.15) is 0 Å². The second kappa shape index (κ2) is 5.53. The lowest BCUT2D eigenvalue weighted by atomic mass is 9.92. The van der Waals surface area contributed by atoms with Crippen LogP contribution in [0.5, 0.6) is 0 Å². The standard InChI is InChI=1S/C13H18N2O3/c1-13(2,12(18)14-3)8-15-10-6-4-9(5-7-10)11(16)17/h4-7,15H,8H2,1-3H3,(H,14,18)(H,16,17). The molecule has 1 aromatic rings. The zero-order valence-electron chi connectivity index (χ0n) is 10.8. The zero-order chi connectivity index (χ0) is 13.8. The van der Waals surface area contributed by atoms with Crippen LogP contribution in [-0.4, -0.2) is 30.6 Å². The molecule has 0 unspecified atom stereocenters. The molecule has 0 heterocycles. The van der Waals surface area contributed by atoms with E-state index in [0.29, 0.717) is 6.54 Å². The van der Waals surface area contributed by atoms with Gasteiger partial charge in [0, 0.05) is 19.3 Å². The lowest BCUT2D eigenvalue weighted by Gasteiger charge is -2.23. The second-order valence-electron chi connectivity index (χ2n) is 4.70. The molecule has 1 aromatic carbocycles. The molecule has 0 atom stereocenters. The van der Waals surface area contributed by atoms with Crippen molar-refractivity contribution >= 4 is 17.6 Å². The third-order valence-electron chi connectivity index (χ3n) is 2.71. The van der Waals surface area contributed by atoms with Crippen LogP contribution >= 0.6 is 0 Å². The molecule has 5 heteroatoms. The van der Waals surface area contributed by atoms with Gasteiger partial charge in [-0.3, -0.25) is 4.79 Å². The van der Waals surface area contributed by atoms with E-state index in [-0.39, 0.29) is 11.5 Å². The third kappa shape index (κ3) is 3.48. The first-order chi connectivity index (χ1) is 8.36. The summed E-state index contributed by atoms with van der Waals surface area (Å²) in [5.74, 6) is -0.996. The molecule has 1 rings (SSSR count). The van der Waals surface area contributed by atoms with Gasteiger partial charge in [-0.1, -0.05) is 0 Å². The molecule has 98 valence electrons. The molecule has 0 aromatic heterocycles. The minimum Gasteiger partial charge on any atom is -0.478 e. The van der Waals surface area contributed by atoms with Crippen LogP contribution in [0.1, 0.15) is 24.2 Å². The fraction of sp³-hybridized carbons (Fsp3) is 0.385. The second-order valence-corrected chi connectivity index (χ2v) is 4.70. The summed E-state index contributed by atoms with van der Waals surface area (Å²) in [5, 5.41) is 14.5. The normalized spacial score (nSPS) is 10.8. The van der Waals surface area contributed by atoms with Gasteiger partial charge in [-0.25, -0.2) is 4.79 Å². The summed E-state index contributed by atoms with van der Waals surface area (Å²) in [5.41, 5.74) is 0.503. The molecule has 0 radical (unpaired) electrons. The first kappa shape index (κ1) is 14.0. The summed E-state index contributed by atoms with van der Waals surface area (Å²) < 4.78 is 0. The van der Waals surface area contributed by atoms with Crippen LogP contribution < -0.4 is 10.6 Å². The van der Waals surface area contributed by atoms with Crippen molar-refractivity contribution in [2.24, 2.45) is 5.41 Å². The van der Waals surface area contributed by atoms with E-state index < -0.39 is 11.4 Å². The molecule has 0 saturated heterocycles. The molecule has 0 spiro atoms. The number of rotatable bonds is 5. The zero-order valence-corrected chi connectivity index (χ0v) is 10.8. The SMILES string of the molecule is CNC(=O)C(C)(C)CNc1ccc(C(=O)O)cc1. The smallest absolute Gasteiger partial charge is 0.335 e. The summed E-state index contributed by atoms with van der Waals surface area (Å²) >= 11 is 0. The summed E-state index contributed by atoms with van der Waals surface area (Å²) in [4.78, 5) is 22.3. The molecule has 0 aliphatic heterocycles. The Balaban J connectivity index is 2.64. The van der Waals surface area contributed by atoms with E-state index in [1.54, 1.807) is 19.2 Å². The van der Waals surface area contributed by atoms with Gasteiger partial charge in [-0.2, -0.15) is 0 Å². The van der Waals surface area contributed by atoms with Gasteiger partial charge in [0.25, 0.3) is 0 Å². The van der Waals surface area contributed by atoms with Crippen molar-refractivity contribution < 1.29 is 14.7 Å². The largest absolute Gasteiger partial charge is 0.478 e. The molecule has 0 aliphatic carbocycles. The van der Waals surface area contributed by atoms with E-state index in [1.165, 1.54) is 12.1 Å². The van der Waals surface area contributed by atoms with Crippen LogP contribution in [0.25, 0.3) is 0 Å². The first-order valence-corrected chi connectivity index (χ1v) is 5.66. The number of hydrogen-bond donors (Lipinski definition) is 3. The summed E-state index contributed by atoms with van der Waals surface area (Å²) in [6.07, 6.45) is 0. The Kier molecular flexibility index (Phi) is 4.31. The molecule has 3 N–H and O–H groups in total. The number of anilines is 1. The van der Waals surface area contributed by atoms with Crippen molar-refractivity contribution in [3.63, 3.8) is 0 Å². The minimum atomic E-state index is -0.952. The van der Waals surface area contributed by atoms with Crippen molar-refractivity contribution in [1.29, 1.82) is 0 Å². The van der Waals surface area contributed by atoms with Crippen LogP contribution in [0.15, 0.2) is 24.3 Å². The number of aromatic carboxylic acids is 1. The number of carbonyl (C=O) groups excluding carboxylic acids is 1. The van der Waals surface area contributed by atoms with Gasteiger partial charge in [0.05, 0.1) is 11.0 Å². The molecule has 0 fully saturated rings. The summed E-state index contributed by atoms with van der Waals surface area (Å²) in [6, 6.07) is 6.42. The highest BCUT2D eigenvalue weighted by molar-refractivity contribution is 5.88. The van der Waals surface area contributed by atoms with Gasteiger partial charge in [0.15, 0.2) is 0 Å². The maximum absolute atomic E-state index is 11.6. The first-order valence-electron chi connectivity index (χ1n) is 5.66. The monoisotopic (exact) mass is 250 g/mol. The highest BCUT2D eigenvalue weighted by Crippen LogP contribution is 2.17. The fourth-order valence-corrected chi connectivity index (χ4v) is 1.47. The molecule has 1 amide bonds. The lowest BCUT2D eigenvalue weighted by molar-refractivity contribution is -0.128. The molecule has 18 heavy (non-hydrogen) atoms. The number of hydrogen-bond acceptors (Lipinski definition) is 3. The van der Waals surface area contributed by atoms with Crippen LogP contribution in [0.3, 0.4) is 0 Å². The van der Waals surface area contributed by atoms with Crippen molar-refractivity contribution in [2.75, 3.05) is 18.9 Å². The van der Waals surface area contributed by atoms with Crippen LogP contribution in [-0.2, 0) is 4.79 Å². The van der Waals surface area contributed by atoms with E-state index >= 15 is 0 Å². The maximum atomic E-state index is 11.6. The number of carbonyl (C=O) groups is 2. The van der Waals surface area contributed by atoms with Gasteiger partial charge < -0.3 is 15.7 Å². The number of carboxylic acid groups (broad SMARTS) is 1. The maximum Gasteiger partial charge on any atom is 0.335 e. The Hall–Kier alpha value is -2.04. The Morgan fingerprint density at radius 2 is 1.78 bits per heavy atom. The van der Waals surface area contributed by atoms with E-state index in [2.05, 4.69) is 10.6 Å². The van der Waals surface area contributed by atoms with E-state index in [4.69, 9.17) is 5.11 Å². The van der Waals surface area contributed by atoms with Gasteiger partial charge in [-0.05, 0) is 38.1 Å². The Bertz CT molecular complexity index is 438. The topological polar surface area (TPSA) is 78.4 Å². The van der Waals surface area contributed by atoms with Gasteiger partial charge >= 0.3 is 5.97 Å². The van der Waals surface area contributed by atoms with Gasteiger partial charge in [0.2, 0.25) is 5.91 Å². The molecule has 0 bridgehead atoms. The third-order valence-corrected chi connectivity index (χ3v) is 2.71. The summed E-state index contributed by atoms with van der Waals surface area (Å²) in [7, 11) is 1.60. The van der Waals surface area contributed by atoms with Crippen molar-refractivity contribution in [3.05, 3.63) is 29.8 Å². The summed E-state index contributed by atoms with van der Waals surface area (Å²) in [6.45, 7) is 4.15. The van der Waals surface area contributed by atoms with Crippen molar-refractivity contribution in [1.82, 2.24) is 5.32 Å².